The summed E-state index contributed by atoms with van der Waals surface area (Å²) in [6.45, 7) is 8.30. The highest BCUT2D eigenvalue weighted by Gasteiger charge is 2.18. The Balaban J connectivity index is 2.04. The van der Waals surface area contributed by atoms with Crippen LogP contribution in [0.2, 0.25) is 10.0 Å². The molecule has 130 valence electrons. The van der Waals surface area contributed by atoms with Crippen LogP contribution in [0, 0.1) is 0 Å². The van der Waals surface area contributed by atoms with Crippen molar-refractivity contribution in [3.8, 4) is 0 Å². The van der Waals surface area contributed by atoms with Gasteiger partial charge in [0, 0.05) is 17.0 Å². The molecule has 24 heavy (non-hydrogen) atoms. The van der Waals surface area contributed by atoms with Gasteiger partial charge < -0.3 is 9.88 Å². The van der Waals surface area contributed by atoms with Gasteiger partial charge in [-0.2, -0.15) is 0 Å². The van der Waals surface area contributed by atoms with Crippen molar-refractivity contribution in [2.45, 2.75) is 44.8 Å². The fourth-order valence-corrected chi connectivity index (χ4v) is 3.50. The highest BCUT2D eigenvalue weighted by molar-refractivity contribution is 7.99. The summed E-state index contributed by atoms with van der Waals surface area (Å²) in [6, 6.07) is 5.19. The Bertz CT molecular complexity index is 731. The molecule has 2 aromatic rings. The van der Waals surface area contributed by atoms with Crippen LogP contribution >= 0.6 is 35.0 Å². The topological polar surface area (TPSA) is 59.8 Å². The maximum absolute atomic E-state index is 12.2. The van der Waals surface area contributed by atoms with E-state index in [-0.39, 0.29) is 23.6 Å². The number of benzene rings is 1. The molecule has 0 bridgehead atoms. The van der Waals surface area contributed by atoms with E-state index in [1.54, 1.807) is 18.2 Å². The van der Waals surface area contributed by atoms with Gasteiger partial charge in [0.1, 0.15) is 5.82 Å². The Kier molecular flexibility index (Phi) is 6.54. The van der Waals surface area contributed by atoms with Crippen molar-refractivity contribution in [1.29, 1.82) is 0 Å². The summed E-state index contributed by atoms with van der Waals surface area (Å²) in [6.07, 6.45) is 0. The normalized spacial score (nSPS) is 11.3. The van der Waals surface area contributed by atoms with Crippen LogP contribution in [0.3, 0.4) is 0 Å². The Hall–Kier alpha value is -1.24. The molecule has 1 amide bonds. The third-order valence-electron chi connectivity index (χ3n) is 3.26. The zero-order valence-electron chi connectivity index (χ0n) is 14.0. The first kappa shape index (κ1) is 19.1. The second-order valence-electron chi connectivity index (χ2n) is 5.92. The number of nitrogens with one attached hydrogen (secondary N) is 1. The van der Waals surface area contributed by atoms with Crippen LogP contribution in [0.1, 0.15) is 45.5 Å². The van der Waals surface area contributed by atoms with E-state index in [2.05, 4.69) is 47.8 Å². The highest BCUT2D eigenvalue weighted by atomic mass is 35.5. The van der Waals surface area contributed by atoms with E-state index in [4.69, 9.17) is 23.2 Å². The van der Waals surface area contributed by atoms with Crippen molar-refractivity contribution in [3.63, 3.8) is 0 Å². The molecule has 1 aromatic heterocycles. The van der Waals surface area contributed by atoms with Gasteiger partial charge in [0.15, 0.2) is 5.16 Å². The predicted octanol–water partition coefficient (Wildman–Crippen LogP) is 5.02. The van der Waals surface area contributed by atoms with Gasteiger partial charge in [-0.3, -0.25) is 4.79 Å². The van der Waals surface area contributed by atoms with Gasteiger partial charge in [0.05, 0.1) is 16.5 Å². The number of aromatic nitrogens is 3. The van der Waals surface area contributed by atoms with Gasteiger partial charge in [-0.25, -0.2) is 0 Å². The third kappa shape index (κ3) is 4.65. The Morgan fingerprint density at radius 3 is 2.54 bits per heavy atom. The van der Waals surface area contributed by atoms with Crippen LogP contribution in [0.25, 0.3) is 0 Å². The summed E-state index contributed by atoms with van der Waals surface area (Å²) in [4.78, 5) is 12.2. The van der Waals surface area contributed by atoms with E-state index in [0.29, 0.717) is 15.7 Å². The lowest BCUT2D eigenvalue weighted by Crippen LogP contribution is -2.15. The molecular weight excluding hydrogens is 367 g/mol. The summed E-state index contributed by atoms with van der Waals surface area (Å²) in [5.74, 6) is 1.26. The van der Waals surface area contributed by atoms with Gasteiger partial charge >= 0.3 is 0 Å². The van der Waals surface area contributed by atoms with Crippen molar-refractivity contribution in [1.82, 2.24) is 14.8 Å². The number of carbonyl (C=O) groups is 1. The quantitative estimate of drug-likeness (QED) is 0.707. The summed E-state index contributed by atoms with van der Waals surface area (Å²) in [7, 11) is 0. The van der Waals surface area contributed by atoms with Crippen molar-refractivity contribution in [3.05, 3.63) is 34.1 Å². The standard InChI is InChI=1S/C16H20Cl2N4OS/c1-9(2)15-20-21-16(22(15)10(3)4)24-8-14(23)19-13-6-5-11(17)7-12(13)18/h5-7,9-10H,8H2,1-4H3,(H,19,23). The van der Waals surface area contributed by atoms with Crippen LogP contribution in [0.4, 0.5) is 5.69 Å². The van der Waals surface area contributed by atoms with E-state index in [9.17, 15) is 4.79 Å². The van der Waals surface area contributed by atoms with Crippen LogP contribution in [0.15, 0.2) is 23.4 Å². The van der Waals surface area contributed by atoms with Crippen molar-refractivity contribution < 1.29 is 4.79 Å². The third-order valence-corrected chi connectivity index (χ3v) is 4.75. The minimum Gasteiger partial charge on any atom is -0.324 e. The van der Waals surface area contributed by atoms with Crippen molar-refractivity contribution >= 4 is 46.6 Å². The average molecular weight is 387 g/mol. The molecule has 0 atom stereocenters. The lowest BCUT2D eigenvalue weighted by molar-refractivity contribution is -0.113. The van der Waals surface area contributed by atoms with Gasteiger partial charge in [-0.05, 0) is 32.0 Å². The van der Waals surface area contributed by atoms with Crippen LogP contribution < -0.4 is 5.32 Å². The summed E-state index contributed by atoms with van der Waals surface area (Å²) < 4.78 is 2.07. The molecule has 0 saturated carbocycles. The number of amides is 1. The van der Waals surface area contributed by atoms with Crippen molar-refractivity contribution in [2.75, 3.05) is 11.1 Å². The Morgan fingerprint density at radius 1 is 1.25 bits per heavy atom. The molecule has 0 aliphatic heterocycles. The number of halogens is 2. The summed E-state index contributed by atoms with van der Waals surface area (Å²) in [5.41, 5.74) is 0.542. The largest absolute Gasteiger partial charge is 0.324 e. The number of rotatable bonds is 6. The lowest BCUT2D eigenvalue weighted by atomic mass is 10.2. The summed E-state index contributed by atoms with van der Waals surface area (Å²) >= 11 is 13.3. The van der Waals surface area contributed by atoms with E-state index >= 15 is 0 Å². The second-order valence-corrected chi connectivity index (χ2v) is 7.71. The number of carbonyl (C=O) groups excluding carboxylic acids is 1. The minimum atomic E-state index is -0.159. The summed E-state index contributed by atoms with van der Waals surface area (Å²) in [5, 5.41) is 12.9. The fraction of sp³-hybridized carbons (Fsp3) is 0.438. The first-order valence-electron chi connectivity index (χ1n) is 7.62. The monoisotopic (exact) mass is 386 g/mol. The van der Waals surface area contributed by atoms with E-state index in [1.807, 2.05) is 0 Å². The molecule has 0 aliphatic carbocycles. The lowest BCUT2D eigenvalue weighted by Gasteiger charge is -2.15. The van der Waals surface area contributed by atoms with Crippen LogP contribution in [-0.4, -0.2) is 26.4 Å². The number of anilines is 1. The first-order chi connectivity index (χ1) is 11.3. The number of thioether (sulfide) groups is 1. The molecule has 0 spiro atoms. The molecule has 1 heterocycles. The van der Waals surface area contributed by atoms with Gasteiger partial charge in [-0.1, -0.05) is 48.8 Å². The van der Waals surface area contributed by atoms with Crippen molar-refractivity contribution in [2.24, 2.45) is 0 Å². The number of nitrogens with zero attached hydrogens (tertiary/aromatic N) is 3. The second kappa shape index (κ2) is 8.23. The first-order valence-corrected chi connectivity index (χ1v) is 9.36. The van der Waals surface area contributed by atoms with Gasteiger partial charge in [-0.15, -0.1) is 10.2 Å². The Labute approximate surface area is 156 Å². The van der Waals surface area contributed by atoms with E-state index in [0.717, 1.165) is 11.0 Å². The number of hydrogen-bond donors (Lipinski definition) is 1. The zero-order valence-corrected chi connectivity index (χ0v) is 16.3. The van der Waals surface area contributed by atoms with Gasteiger partial charge in [0.25, 0.3) is 0 Å². The predicted molar refractivity (Wildman–Crippen MR) is 100 cm³/mol. The zero-order chi connectivity index (χ0) is 17.9. The molecule has 8 heteroatoms. The molecule has 0 saturated heterocycles. The Morgan fingerprint density at radius 2 is 1.96 bits per heavy atom. The van der Waals surface area contributed by atoms with Gasteiger partial charge in [0.2, 0.25) is 5.91 Å². The van der Waals surface area contributed by atoms with Crippen LogP contribution in [-0.2, 0) is 4.79 Å². The minimum absolute atomic E-state index is 0.159. The van der Waals surface area contributed by atoms with Crippen LogP contribution in [0.5, 0.6) is 0 Å². The smallest absolute Gasteiger partial charge is 0.234 e. The fourth-order valence-electron chi connectivity index (χ4n) is 2.17. The molecule has 0 fully saturated rings. The molecule has 0 radical (unpaired) electrons. The molecule has 0 unspecified atom stereocenters. The molecule has 2 rings (SSSR count). The highest BCUT2D eigenvalue weighted by Crippen LogP contribution is 2.27. The SMILES string of the molecule is CC(C)c1nnc(SCC(=O)Nc2ccc(Cl)cc2Cl)n1C(C)C. The maximum atomic E-state index is 12.2. The molecule has 1 aromatic carbocycles. The number of hydrogen-bond acceptors (Lipinski definition) is 4. The molecule has 1 N–H and O–H groups in total. The average Bonchev–Trinajstić information content (AvgIpc) is 2.92. The molecule has 5 nitrogen and oxygen atoms in total. The molecular formula is C16H20Cl2N4OS. The maximum Gasteiger partial charge on any atom is 0.234 e. The molecule has 0 aliphatic rings. The van der Waals surface area contributed by atoms with E-state index in [1.165, 1.54) is 11.8 Å². The van der Waals surface area contributed by atoms with E-state index < -0.39 is 0 Å².